The first kappa shape index (κ1) is 26.6. The zero-order chi connectivity index (χ0) is 21.9. The molecule has 1 saturated heterocycles. The van der Waals surface area contributed by atoms with Crippen LogP contribution in [-0.4, -0.2) is 58.3 Å². The van der Waals surface area contributed by atoms with E-state index in [1.165, 1.54) is 5.56 Å². The van der Waals surface area contributed by atoms with Gasteiger partial charge >= 0.3 is 0 Å². The monoisotopic (exact) mass is 571 g/mol. The third-order valence-corrected chi connectivity index (χ3v) is 7.09. The highest BCUT2D eigenvalue weighted by Crippen LogP contribution is 2.17. The van der Waals surface area contributed by atoms with Crippen LogP contribution in [0.15, 0.2) is 65.7 Å². The highest BCUT2D eigenvalue weighted by molar-refractivity contribution is 14.0. The second-order valence-corrected chi connectivity index (χ2v) is 10.2. The average molecular weight is 572 g/mol. The smallest absolute Gasteiger partial charge is 0.193 e. The summed E-state index contributed by atoms with van der Waals surface area (Å²) in [5, 5.41) is 3.32. The van der Waals surface area contributed by atoms with Gasteiger partial charge in [-0.2, -0.15) is 0 Å². The van der Waals surface area contributed by atoms with Gasteiger partial charge in [0.2, 0.25) is 0 Å². The van der Waals surface area contributed by atoms with Gasteiger partial charge in [0, 0.05) is 32.6 Å². The number of halogens is 1. The Morgan fingerprint density at radius 3 is 2.41 bits per heavy atom. The van der Waals surface area contributed by atoms with Gasteiger partial charge in [0.05, 0.1) is 24.7 Å². The van der Waals surface area contributed by atoms with E-state index in [9.17, 15) is 8.42 Å². The van der Waals surface area contributed by atoms with E-state index >= 15 is 0 Å². The molecule has 0 bridgehead atoms. The Balaban J connectivity index is 0.00000363. The second-order valence-electron chi connectivity index (χ2n) is 8.01. The van der Waals surface area contributed by atoms with Crippen LogP contribution in [0.3, 0.4) is 0 Å². The number of likely N-dealkylation sites (tertiary alicyclic amines) is 1. The molecule has 32 heavy (non-hydrogen) atoms. The van der Waals surface area contributed by atoms with Crippen LogP contribution in [0.25, 0.3) is 0 Å². The van der Waals surface area contributed by atoms with Crippen molar-refractivity contribution >= 4 is 39.8 Å². The minimum absolute atomic E-state index is 0. The first-order valence-electron chi connectivity index (χ1n) is 10.9. The molecule has 1 aliphatic rings. The first-order valence-corrected chi connectivity index (χ1v) is 12.7. The van der Waals surface area contributed by atoms with E-state index < -0.39 is 9.84 Å². The highest BCUT2D eigenvalue weighted by Gasteiger charge is 2.25. The molecule has 0 aromatic heterocycles. The van der Waals surface area contributed by atoms with Crippen LogP contribution < -0.4 is 5.32 Å². The predicted octanol–water partition coefficient (Wildman–Crippen LogP) is 3.72. The zero-order valence-corrected chi connectivity index (χ0v) is 21.8. The van der Waals surface area contributed by atoms with Crippen LogP contribution in [0.2, 0.25) is 0 Å². The van der Waals surface area contributed by atoms with Gasteiger partial charge in [-0.3, -0.25) is 4.99 Å². The molecule has 1 N–H and O–H groups in total. The van der Waals surface area contributed by atoms with E-state index in [1.807, 2.05) is 48.5 Å². The maximum absolute atomic E-state index is 12.3. The Kier molecular flexibility index (Phi) is 11.5. The topological polar surface area (TPSA) is 71.0 Å². The third kappa shape index (κ3) is 9.07. The van der Waals surface area contributed by atoms with Gasteiger partial charge in [-0.25, -0.2) is 8.42 Å². The number of nitrogens with one attached hydrogen (secondary N) is 1. The van der Waals surface area contributed by atoms with Crippen molar-refractivity contribution in [3.63, 3.8) is 0 Å². The molecule has 0 radical (unpaired) electrons. The van der Waals surface area contributed by atoms with Crippen LogP contribution >= 0.6 is 24.0 Å². The number of guanidine groups is 1. The lowest BCUT2D eigenvalue weighted by Gasteiger charge is -2.21. The molecule has 8 heteroatoms. The van der Waals surface area contributed by atoms with Gasteiger partial charge < -0.3 is 15.0 Å². The molecule has 2 aromatic rings. The lowest BCUT2D eigenvalue weighted by Crippen LogP contribution is -2.41. The fraction of sp³-hybridized carbons (Fsp3) is 0.458. The summed E-state index contributed by atoms with van der Waals surface area (Å²) < 4.78 is 30.6. The van der Waals surface area contributed by atoms with E-state index in [4.69, 9.17) is 4.74 Å². The molecule has 1 unspecified atom stereocenters. The van der Waals surface area contributed by atoms with E-state index in [-0.39, 0.29) is 35.5 Å². The Bertz CT molecular complexity index is 924. The lowest BCUT2D eigenvalue weighted by molar-refractivity contribution is 0.0907. The average Bonchev–Trinajstić information content (AvgIpc) is 3.23. The normalized spacial score (nSPS) is 16.6. The standard InChI is InChI=1S/C24H33N3O3S.HI/c1-25-24(26-14-8-16-31(28,29)20-22-11-6-3-7-12-22)27-15-13-23(17-27)19-30-18-21-9-4-2-5-10-21;/h2-7,9-12,23H,8,13-20H2,1H3,(H,25,26);1H. The Hall–Kier alpha value is -1.65. The Morgan fingerprint density at radius 2 is 1.75 bits per heavy atom. The molecule has 0 aliphatic carbocycles. The van der Waals surface area contributed by atoms with E-state index in [0.29, 0.717) is 25.5 Å². The van der Waals surface area contributed by atoms with Crippen LogP contribution in [-0.2, 0) is 26.9 Å². The summed E-state index contributed by atoms with van der Waals surface area (Å²) >= 11 is 0. The maximum atomic E-state index is 12.3. The van der Waals surface area contributed by atoms with Crippen LogP contribution in [0.4, 0.5) is 0 Å². The summed E-state index contributed by atoms with van der Waals surface area (Å²) in [6, 6.07) is 19.5. The molecular formula is C24H34IN3O3S. The Labute approximate surface area is 209 Å². The molecule has 0 saturated carbocycles. The lowest BCUT2D eigenvalue weighted by atomic mass is 10.1. The van der Waals surface area contributed by atoms with Crippen molar-refractivity contribution in [1.82, 2.24) is 10.2 Å². The van der Waals surface area contributed by atoms with Gasteiger partial charge in [-0.05, 0) is 24.0 Å². The fourth-order valence-electron chi connectivity index (χ4n) is 3.80. The largest absolute Gasteiger partial charge is 0.376 e. The molecule has 0 spiro atoms. The second kappa shape index (κ2) is 13.8. The quantitative estimate of drug-likeness (QED) is 0.204. The van der Waals surface area contributed by atoms with Crippen molar-refractivity contribution in [2.24, 2.45) is 10.9 Å². The SMILES string of the molecule is CN=C(NCCCS(=O)(=O)Cc1ccccc1)N1CCC(COCc2ccccc2)C1.I. The molecule has 3 rings (SSSR count). The molecule has 6 nitrogen and oxygen atoms in total. The number of hydrogen-bond donors (Lipinski definition) is 1. The number of sulfone groups is 1. The summed E-state index contributed by atoms with van der Waals surface area (Å²) in [4.78, 5) is 6.61. The van der Waals surface area contributed by atoms with Crippen LogP contribution in [0.5, 0.6) is 0 Å². The molecule has 1 atom stereocenters. The van der Waals surface area contributed by atoms with Crippen molar-refractivity contribution < 1.29 is 13.2 Å². The number of rotatable bonds is 10. The number of hydrogen-bond acceptors (Lipinski definition) is 4. The number of nitrogens with zero attached hydrogens (tertiary/aromatic N) is 2. The summed E-state index contributed by atoms with van der Waals surface area (Å²) in [6.07, 6.45) is 1.63. The third-order valence-electron chi connectivity index (χ3n) is 5.41. The molecule has 1 fully saturated rings. The minimum Gasteiger partial charge on any atom is -0.376 e. The molecular weight excluding hydrogens is 537 g/mol. The first-order chi connectivity index (χ1) is 15.1. The Morgan fingerprint density at radius 1 is 1.09 bits per heavy atom. The summed E-state index contributed by atoms with van der Waals surface area (Å²) in [5.74, 6) is 1.58. The molecule has 1 aliphatic heterocycles. The van der Waals surface area contributed by atoms with Crippen molar-refractivity contribution in [2.45, 2.75) is 25.2 Å². The van der Waals surface area contributed by atoms with Crippen molar-refractivity contribution in [3.8, 4) is 0 Å². The highest BCUT2D eigenvalue weighted by atomic mass is 127. The fourth-order valence-corrected chi connectivity index (χ4v) is 5.23. The van der Waals surface area contributed by atoms with Crippen LogP contribution in [0, 0.1) is 5.92 Å². The summed E-state index contributed by atoms with van der Waals surface area (Å²) in [7, 11) is -1.34. The zero-order valence-electron chi connectivity index (χ0n) is 18.7. The van der Waals surface area contributed by atoms with Crippen molar-refractivity contribution in [1.29, 1.82) is 0 Å². The van der Waals surface area contributed by atoms with E-state index in [0.717, 1.165) is 37.6 Å². The number of aliphatic imine (C=N–C) groups is 1. The van der Waals surface area contributed by atoms with Gasteiger partial charge in [0.15, 0.2) is 15.8 Å². The van der Waals surface area contributed by atoms with Gasteiger partial charge in [-0.15, -0.1) is 24.0 Å². The van der Waals surface area contributed by atoms with E-state index in [1.54, 1.807) is 7.05 Å². The maximum Gasteiger partial charge on any atom is 0.193 e. The summed E-state index contributed by atoms with van der Waals surface area (Å²) in [5.41, 5.74) is 2.03. The van der Waals surface area contributed by atoms with Crippen LogP contribution in [0.1, 0.15) is 24.0 Å². The van der Waals surface area contributed by atoms with Gasteiger partial charge in [0.25, 0.3) is 0 Å². The van der Waals surface area contributed by atoms with Crippen molar-refractivity contribution in [2.75, 3.05) is 39.0 Å². The molecule has 1 heterocycles. The predicted molar refractivity (Wildman–Crippen MR) is 141 cm³/mol. The minimum atomic E-state index is -3.11. The van der Waals surface area contributed by atoms with Crippen molar-refractivity contribution in [3.05, 3.63) is 71.8 Å². The van der Waals surface area contributed by atoms with Gasteiger partial charge in [-0.1, -0.05) is 60.7 Å². The number of ether oxygens (including phenoxy) is 1. The van der Waals surface area contributed by atoms with E-state index in [2.05, 4.69) is 27.3 Å². The molecule has 176 valence electrons. The molecule has 0 amide bonds. The number of benzene rings is 2. The van der Waals surface area contributed by atoms with Gasteiger partial charge in [0.1, 0.15) is 0 Å². The summed E-state index contributed by atoms with van der Waals surface area (Å²) in [6.45, 7) is 3.81. The molecule has 2 aromatic carbocycles.